The van der Waals surface area contributed by atoms with Crippen molar-refractivity contribution < 1.29 is 57.8 Å². The number of fused-ring (bicyclic) bond motifs is 2. The number of rotatable bonds is 16. The quantitative estimate of drug-likeness (QED) is 0.0147. The van der Waals surface area contributed by atoms with Gasteiger partial charge in [0.25, 0.3) is 17.1 Å². The second-order valence-corrected chi connectivity index (χ2v) is 17.4. The predicted octanol–water partition coefficient (Wildman–Crippen LogP) is 5.24. The molecular weight excluding hydrogens is 919 g/mol. The van der Waals surface area contributed by atoms with Gasteiger partial charge in [-0.1, -0.05) is 30.0 Å². The Morgan fingerprint density at radius 2 is 1.39 bits per heavy atom. The third-order valence-electron chi connectivity index (χ3n) is 10.9. The lowest BCUT2D eigenvalue weighted by Crippen LogP contribution is -2.63. The highest BCUT2D eigenvalue weighted by molar-refractivity contribution is 7.99. The van der Waals surface area contributed by atoms with Crippen molar-refractivity contribution in [3.63, 3.8) is 0 Å². The molecule has 0 aliphatic carbocycles. The standard InChI is InChI=1S/C42H39N9O14S2/c1-23-32(35(48-34(23)33(24(2)52)36(48)53)39(54)63-19-25-4-10-28(11-5-25)49(57)58)31-18-46-22-45(3)37(38(46)67-31)66-17-16-47(42(56)65-21-27-8-14-30(15-9-27)51(61)62)40(43)44-41(55)64-20-26-6-12-29(13-7-26)50(59)60/h4-15,18,22-24,33-34,52H,16-17,19-21H2,1-3H3,(H-,43,44,55)/p+1/t23-,24+,33+,34+/m0/s1. The van der Waals surface area contributed by atoms with Crippen molar-refractivity contribution in [2.24, 2.45) is 29.6 Å². The Hall–Kier alpha value is -7.77. The maximum Gasteiger partial charge on any atom is 0.437 e. The summed E-state index contributed by atoms with van der Waals surface area (Å²) in [5.74, 6) is -2.78. The number of nitrogens with two attached hydrogens (primary N) is 1. The van der Waals surface area contributed by atoms with Gasteiger partial charge in [-0.05, 0) is 60.0 Å². The zero-order valence-electron chi connectivity index (χ0n) is 35.7. The Bertz CT molecular complexity index is 2840. The summed E-state index contributed by atoms with van der Waals surface area (Å²) in [5, 5.41) is 44.5. The van der Waals surface area contributed by atoms with Crippen LogP contribution in [0.2, 0.25) is 0 Å². The number of non-ortho nitro benzene ring substituents is 3. The molecule has 7 rings (SSSR count). The molecule has 0 spiro atoms. The number of nitrogens with zero attached hydrogens (tertiary/aromatic N) is 8. The van der Waals surface area contributed by atoms with Crippen molar-refractivity contribution in [3.05, 3.63) is 143 Å². The van der Waals surface area contributed by atoms with E-state index in [1.54, 1.807) is 13.4 Å². The van der Waals surface area contributed by atoms with Crippen LogP contribution in [0, 0.1) is 42.2 Å². The average Bonchev–Trinajstić information content (AvgIpc) is 3.91. The number of aliphatic hydroxyl groups excluding tert-OH is 1. The van der Waals surface area contributed by atoms with Gasteiger partial charge in [0.15, 0.2) is 0 Å². The number of imidazole rings is 1. The van der Waals surface area contributed by atoms with Gasteiger partial charge in [-0.25, -0.2) is 23.9 Å². The number of amides is 3. The van der Waals surface area contributed by atoms with E-state index in [0.717, 1.165) is 9.73 Å². The number of nitro benzene ring substituents is 3. The number of nitro groups is 3. The molecule has 2 aliphatic rings. The van der Waals surface area contributed by atoms with Crippen LogP contribution in [0.3, 0.4) is 0 Å². The van der Waals surface area contributed by atoms with Gasteiger partial charge >= 0.3 is 18.2 Å². The number of benzene rings is 3. The normalized spacial score (nSPS) is 17.1. The topological polar surface area (TPSA) is 299 Å². The van der Waals surface area contributed by atoms with E-state index in [4.69, 9.17) is 19.9 Å². The molecule has 4 heterocycles. The molecule has 3 aromatic carbocycles. The third kappa shape index (κ3) is 10.1. The van der Waals surface area contributed by atoms with Gasteiger partial charge in [0.1, 0.15) is 31.7 Å². The number of β-lactam (4-membered cyclic amide) rings is 1. The molecule has 3 amide bonds. The number of aromatic nitrogens is 2. The van der Waals surface area contributed by atoms with Gasteiger partial charge in [0, 0.05) is 60.2 Å². The molecule has 4 atom stereocenters. The number of ether oxygens (including phenoxy) is 3. The first-order chi connectivity index (χ1) is 31.9. The van der Waals surface area contributed by atoms with Crippen LogP contribution in [0.25, 0.3) is 10.4 Å². The average molecular weight is 959 g/mol. The Kier molecular flexibility index (Phi) is 13.9. The summed E-state index contributed by atoms with van der Waals surface area (Å²) < 4.78 is 20.0. The zero-order valence-corrected chi connectivity index (χ0v) is 37.3. The number of aryl methyl sites for hydroxylation is 1. The molecule has 348 valence electrons. The van der Waals surface area contributed by atoms with Crippen molar-refractivity contribution in [1.29, 1.82) is 0 Å². The van der Waals surface area contributed by atoms with Gasteiger partial charge in [0.2, 0.25) is 28.1 Å². The molecule has 25 heteroatoms. The molecule has 0 radical (unpaired) electrons. The van der Waals surface area contributed by atoms with Crippen LogP contribution in [-0.4, -0.2) is 88.5 Å². The van der Waals surface area contributed by atoms with Crippen LogP contribution in [0.5, 0.6) is 0 Å². The summed E-state index contributed by atoms with van der Waals surface area (Å²) in [5.41, 5.74) is 7.65. The first-order valence-corrected chi connectivity index (χ1v) is 21.9. The van der Waals surface area contributed by atoms with Crippen molar-refractivity contribution in [2.45, 2.75) is 50.8 Å². The Labute approximate surface area is 387 Å². The fraction of sp³-hybridized carbons (Fsp3) is 0.286. The van der Waals surface area contributed by atoms with E-state index >= 15 is 0 Å². The molecule has 0 unspecified atom stereocenters. The Morgan fingerprint density at radius 1 is 0.881 bits per heavy atom. The van der Waals surface area contributed by atoms with Crippen LogP contribution in [0.15, 0.2) is 101 Å². The second kappa shape index (κ2) is 19.8. The van der Waals surface area contributed by atoms with E-state index in [2.05, 4.69) is 4.99 Å². The van der Waals surface area contributed by atoms with Gasteiger partial charge in [0.05, 0.1) is 44.8 Å². The van der Waals surface area contributed by atoms with Crippen molar-refractivity contribution >= 4 is 80.6 Å². The van der Waals surface area contributed by atoms with Crippen molar-refractivity contribution in [2.75, 3.05) is 12.3 Å². The number of thioether (sulfide) groups is 1. The van der Waals surface area contributed by atoms with Crippen LogP contribution >= 0.6 is 23.1 Å². The number of carbonyl (C=O) groups excluding carboxylic acids is 4. The van der Waals surface area contributed by atoms with Gasteiger partial charge in [-0.15, -0.1) is 4.99 Å². The van der Waals surface area contributed by atoms with E-state index in [0.29, 0.717) is 32.2 Å². The summed E-state index contributed by atoms with van der Waals surface area (Å²) in [6.07, 6.45) is 0.441. The SMILES string of the molecule is C[C@@H](O)[C@H]1C(=O)N2C(C(=O)OCc3ccc([N+](=O)[O-])cc3)=C(c3cn4c[n+](C)c(SCCN(C(=O)OCc5ccc([N+](=O)[O-])cc5)C(N)=NC(=O)OCc5ccc([N+](=O)[O-])cc5)c4s3)[C@H](C)[C@H]12. The maximum atomic E-state index is 13.9. The van der Waals surface area contributed by atoms with Gasteiger partial charge in [-0.2, -0.15) is 4.40 Å². The minimum Gasteiger partial charge on any atom is -0.456 e. The summed E-state index contributed by atoms with van der Waals surface area (Å²) in [6, 6.07) is 15.6. The van der Waals surface area contributed by atoms with Crippen LogP contribution < -0.4 is 10.3 Å². The molecule has 2 aromatic heterocycles. The lowest BCUT2D eigenvalue weighted by molar-refractivity contribution is -0.705. The molecular formula is C42H40N9O14S2+. The molecule has 67 heavy (non-hydrogen) atoms. The highest BCUT2D eigenvalue weighted by atomic mass is 32.2. The minimum absolute atomic E-state index is 0.0355. The summed E-state index contributed by atoms with van der Waals surface area (Å²) >= 11 is 2.63. The summed E-state index contributed by atoms with van der Waals surface area (Å²) in [6.45, 7) is 2.38. The molecule has 1 fully saturated rings. The highest BCUT2D eigenvalue weighted by Crippen LogP contribution is 2.52. The van der Waals surface area contributed by atoms with E-state index in [-0.39, 0.29) is 54.9 Å². The van der Waals surface area contributed by atoms with Crippen LogP contribution in [0.1, 0.15) is 35.4 Å². The van der Waals surface area contributed by atoms with Crippen LogP contribution in [0.4, 0.5) is 26.7 Å². The summed E-state index contributed by atoms with van der Waals surface area (Å²) in [4.78, 5) is 92.5. The third-order valence-corrected chi connectivity index (χ3v) is 13.3. The summed E-state index contributed by atoms with van der Waals surface area (Å²) in [7, 11) is 1.80. The van der Waals surface area contributed by atoms with E-state index in [9.17, 15) is 54.6 Å². The molecule has 5 aromatic rings. The maximum absolute atomic E-state index is 13.9. The lowest BCUT2D eigenvalue weighted by Gasteiger charge is -2.46. The molecule has 1 saturated heterocycles. The largest absolute Gasteiger partial charge is 0.456 e. The minimum atomic E-state index is -1.17. The van der Waals surface area contributed by atoms with E-state index < -0.39 is 68.8 Å². The molecule has 23 nitrogen and oxygen atoms in total. The molecule has 0 saturated carbocycles. The fourth-order valence-corrected chi connectivity index (χ4v) is 10.1. The highest BCUT2D eigenvalue weighted by Gasteiger charge is 2.60. The van der Waals surface area contributed by atoms with Crippen molar-refractivity contribution in [3.8, 4) is 0 Å². The monoisotopic (exact) mass is 958 g/mol. The van der Waals surface area contributed by atoms with E-state index in [1.165, 1.54) is 108 Å². The molecule has 3 N–H and O–H groups in total. The van der Waals surface area contributed by atoms with Crippen LogP contribution in [-0.2, 0) is 50.7 Å². The number of hydrogen-bond donors (Lipinski definition) is 2. The number of esters is 1. The first kappa shape index (κ1) is 47.2. The van der Waals surface area contributed by atoms with Gasteiger partial charge in [-0.3, -0.25) is 35.1 Å². The lowest BCUT2D eigenvalue weighted by atomic mass is 9.77. The molecule has 2 aliphatic heterocycles. The number of guanidine groups is 1. The predicted molar refractivity (Wildman–Crippen MR) is 237 cm³/mol. The Balaban J connectivity index is 1.10. The molecule has 0 bridgehead atoms. The van der Waals surface area contributed by atoms with Gasteiger partial charge < -0.3 is 30.0 Å². The number of hydrogen-bond acceptors (Lipinski definition) is 16. The first-order valence-electron chi connectivity index (χ1n) is 20.1. The number of aliphatic imine (C=N–C) groups is 1. The number of aliphatic hydroxyl groups is 1. The Morgan fingerprint density at radius 3 is 1.90 bits per heavy atom. The zero-order chi connectivity index (χ0) is 48.3. The second-order valence-electron chi connectivity index (χ2n) is 15.3. The van der Waals surface area contributed by atoms with Crippen molar-refractivity contribution in [1.82, 2.24) is 14.2 Å². The fourth-order valence-electron chi connectivity index (χ4n) is 7.62. The number of carbonyl (C=O) groups is 4. The van der Waals surface area contributed by atoms with E-state index in [1.807, 2.05) is 22.1 Å². The smallest absolute Gasteiger partial charge is 0.437 e. The number of thiazole rings is 1.